The Kier molecular flexibility index (Phi) is 7.47. The van der Waals surface area contributed by atoms with Gasteiger partial charge in [0, 0.05) is 35.5 Å². The van der Waals surface area contributed by atoms with Crippen LogP contribution in [-0.4, -0.2) is 42.8 Å². The van der Waals surface area contributed by atoms with E-state index in [0.29, 0.717) is 10.5 Å². The lowest BCUT2D eigenvalue weighted by Gasteiger charge is -2.38. The van der Waals surface area contributed by atoms with Gasteiger partial charge in [-0.1, -0.05) is 54.6 Å². The molecule has 0 bridgehead atoms. The zero-order valence-corrected chi connectivity index (χ0v) is 20.6. The number of benzene rings is 3. The minimum atomic E-state index is -1.09. The number of halogens is 2. The van der Waals surface area contributed by atoms with E-state index in [1.807, 2.05) is 36.4 Å². The van der Waals surface area contributed by atoms with Crippen molar-refractivity contribution < 1.29 is 23.2 Å². The predicted molar refractivity (Wildman–Crippen MR) is 133 cm³/mol. The first-order valence-electron chi connectivity index (χ1n) is 11.8. The first kappa shape index (κ1) is 25.2. The van der Waals surface area contributed by atoms with Crippen LogP contribution in [0.4, 0.5) is 8.78 Å². The Morgan fingerprint density at radius 3 is 2.40 bits per heavy atom. The molecule has 4 rings (SSSR count). The Morgan fingerprint density at radius 2 is 1.74 bits per heavy atom. The van der Waals surface area contributed by atoms with Crippen molar-refractivity contribution in [2.24, 2.45) is 11.7 Å². The van der Waals surface area contributed by atoms with Crippen molar-refractivity contribution in [2.75, 3.05) is 32.4 Å². The first-order chi connectivity index (χ1) is 16.7. The Balaban J connectivity index is 1.53. The second-order valence-electron chi connectivity index (χ2n) is 9.61. The van der Waals surface area contributed by atoms with Crippen molar-refractivity contribution in [3.8, 4) is 5.75 Å². The fourth-order valence-electron chi connectivity index (χ4n) is 5.55. The summed E-state index contributed by atoms with van der Waals surface area (Å²) in [6.07, 6.45) is 1.65. The topological polar surface area (TPSA) is 66.2 Å². The standard InChI is InChI=1S/C28H30F2N2O2S/c1-32(12-6-14-35-26-17-23(29)16-24(30)18-26)13-11-22(19-32)28(27(31)34,20-7-3-2-4-8-20)21-9-5-10-25(33)15-21/h2-5,7-10,15-18,22H,6,11-14,19H2,1H3,(H2-,31,33,34). The van der Waals surface area contributed by atoms with Gasteiger partial charge < -0.3 is 15.3 Å². The minimum absolute atomic E-state index is 0.0702. The summed E-state index contributed by atoms with van der Waals surface area (Å²) in [5, 5.41) is 12.3. The van der Waals surface area contributed by atoms with E-state index in [2.05, 4.69) is 7.05 Å². The molecule has 0 radical (unpaired) electrons. The van der Waals surface area contributed by atoms with E-state index < -0.39 is 23.0 Å². The molecule has 1 aliphatic rings. The molecule has 3 aromatic rings. The zero-order valence-electron chi connectivity index (χ0n) is 19.8. The largest absolute Gasteiger partial charge is 0.872 e. The smallest absolute Gasteiger partial charge is 0.233 e. The second kappa shape index (κ2) is 10.4. The van der Waals surface area contributed by atoms with Gasteiger partial charge in [-0.2, -0.15) is 0 Å². The number of hydrogen-bond donors (Lipinski definition) is 1. The maximum absolute atomic E-state index is 13.5. The quantitative estimate of drug-likeness (QED) is 0.270. The summed E-state index contributed by atoms with van der Waals surface area (Å²) in [5.74, 6) is -1.07. The number of hydrogen-bond acceptors (Lipinski definition) is 3. The lowest BCUT2D eigenvalue weighted by atomic mass is 9.64. The van der Waals surface area contributed by atoms with Gasteiger partial charge in [0.2, 0.25) is 5.91 Å². The number of nitrogens with two attached hydrogens (primary N) is 1. The van der Waals surface area contributed by atoms with Crippen LogP contribution in [0.15, 0.2) is 77.7 Å². The highest BCUT2D eigenvalue weighted by Gasteiger charge is 2.53. The van der Waals surface area contributed by atoms with Crippen LogP contribution >= 0.6 is 11.8 Å². The number of quaternary nitrogens is 1. The van der Waals surface area contributed by atoms with Gasteiger partial charge in [0.25, 0.3) is 0 Å². The SMILES string of the molecule is C[N+]1(CCCSc2cc(F)cc(F)c2)CCC(C(C(N)=O)(c2ccccc2)c2cccc([O-])c2)C1. The summed E-state index contributed by atoms with van der Waals surface area (Å²) in [4.78, 5) is 13.8. The van der Waals surface area contributed by atoms with E-state index in [4.69, 9.17) is 5.73 Å². The molecule has 3 aromatic carbocycles. The highest BCUT2D eigenvalue weighted by Crippen LogP contribution is 2.45. The van der Waals surface area contributed by atoms with E-state index in [1.54, 1.807) is 6.07 Å². The fourth-order valence-corrected chi connectivity index (χ4v) is 6.45. The molecule has 0 aliphatic carbocycles. The average Bonchev–Trinajstić information content (AvgIpc) is 3.19. The Hall–Kier alpha value is -2.90. The number of nitrogens with zero attached hydrogens (tertiary/aromatic N) is 1. The van der Waals surface area contributed by atoms with Crippen LogP contribution in [0.1, 0.15) is 24.0 Å². The Labute approximate surface area is 209 Å². The van der Waals surface area contributed by atoms with Gasteiger partial charge in [-0.05, 0) is 23.3 Å². The van der Waals surface area contributed by atoms with Crippen molar-refractivity contribution in [3.63, 3.8) is 0 Å². The molecule has 7 heteroatoms. The molecule has 1 saturated heterocycles. The molecule has 0 spiro atoms. The van der Waals surface area contributed by atoms with Crippen LogP contribution in [0, 0.1) is 17.6 Å². The molecule has 0 saturated carbocycles. The third-order valence-corrected chi connectivity index (χ3v) is 8.21. The minimum Gasteiger partial charge on any atom is -0.872 e. The summed E-state index contributed by atoms with van der Waals surface area (Å²) in [5.41, 5.74) is 6.51. The number of rotatable bonds is 9. The molecule has 1 aliphatic heterocycles. The molecule has 1 heterocycles. The van der Waals surface area contributed by atoms with Crippen molar-refractivity contribution in [1.29, 1.82) is 0 Å². The van der Waals surface area contributed by atoms with Crippen molar-refractivity contribution >= 4 is 17.7 Å². The zero-order chi connectivity index (χ0) is 25.1. The lowest BCUT2D eigenvalue weighted by Crippen LogP contribution is -2.51. The summed E-state index contributed by atoms with van der Waals surface area (Å²) < 4.78 is 27.7. The molecule has 1 fully saturated rings. The number of likely N-dealkylation sites (tertiary alicyclic amines) is 1. The molecule has 0 aromatic heterocycles. The fraction of sp³-hybridized carbons (Fsp3) is 0.321. The van der Waals surface area contributed by atoms with E-state index in [1.165, 1.54) is 36.0 Å². The van der Waals surface area contributed by atoms with Gasteiger partial charge >= 0.3 is 0 Å². The number of thioether (sulfide) groups is 1. The third-order valence-electron chi connectivity index (χ3n) is 7.15. The molecule has 35 heavy (non-hydrogen) atoms. The van der Waals surface area contributed by atoms with Crippen LogP contribution in [-0.2, 0) is 10.2 Å². The van der Waals surface area contributed by atoms with Gasteiger partial charge in [-0.25, -0.2) is 8.78 Å². The molecule has 2 N–H and O–H groups in total. The number of carbonyl (C=O) groups excluding carboxylic acids is 1. The first-order valence-corrected chi connectivity index (χ1v) is 12.8. The van der Waals surface area contributed by atoms with Crippen LogP contribution in [0.2, 0.25) is 0 Å². The number of carbonyl (C=O) groups is 1. The van der Waals surface area contributed by atoms with E-state index >= 15 is 0 Å². The van der Waals surface area contributed by atoms with Gasteiger partial charge in [0.05, 0.1) is 26.7 Å². The highest BCUT2D eigenvalue weighted by atomic mass is 32.2. The van der Waals surface area contributed by atoms with Gasteiger partial charge in [0.1, 0.15) is 17.0 Å². The van der Waals surface area contributed by atoms with E-state index in [-0.39, 0.29) is 11.7 Å². The van der Waals surface area contributed by atoms with Crippen molar-refractivity contribution in [1.82, 2.24) is 0 Å². The molecule has 184 valence electrons. The van der Waals surface area contributed by atoms with Crippen LogP contribution in [0.3, 0.4) is 0 Å². The number of amides is 1. The third kappa shape index (κ3) is 5.36. The highest BCUT2D eigenvalue weighted by molar-refractivity contribution is 7.99. The van der Waals surface area contributed by atoms with Gasteiger partial charge in [-0.3, -0.25) is 4.79 Å². The number of primary amides is 1. The second-order valence-corrected chi connectivity index (χ2v) is 10.8. The summed E-state index contributed by atoms with van der Waals surface area (Å²) in [6, 6.07) is 19.6. The Bertz CT molecular complexity index is 1170. The van der Waals surface area contributed by atoms with Crippen molar-refractivity contribution in [2.45, 2.75) is 23.2 Å². The molecular weight excluding hydrogens is 466 g/mol. The van der Waals surface area contributed by atoms with Gasteiger partial charge in [0.15, 0.2) is 0 Å². The van der Waals surface area contributed by atoms with Crippen molar-refractivity contribution in [3.05, 3.63) is 95.6 Å². The maximum Gasteiger partial charge on any atom is 0.233 e. The lowest BCUT2D eigenvalue weighted by molar-refractivity contribution is -0.899. The molecule has 3 atom stereocenters. The molecular formula is C28H30F2N2O2S. The average molecular weight is 497 g/mol. The normalized spacial score (nSPS) is 21.5. The molecule has 3 unspecified atom stereocenters. The van der Waals surface area contributed by atoms with Crippen LogP contribution < -0.4 is 10.8 Å². The van der Waals surface area contributed by atoms with E-state index in [0.717, 1.165) is 54.3 Å². The van der Waals surface area contributed by atoms with E-state index in [9.17, 15) is 18.7 Å². The Morgan fingerprint density at radius 1 is 1.06 bits per heavy atom. The summed E-state index contributed by atoms with van der Waals surface area (Å²) >= 11 is 1.44. The summed E-state index contributed by atoms with van der Waals surface area (Å²) in [7, 11) is 2.17. The maximum atomic E-state index is 13.5. The molecule has 4 nitrogen and oxygen atoms in total. The predicted octanol–water partition coefficient (Wildman–Crippen LogP) is 4.46. The molecule has 1 amide bonds. The summed E-state index contributed by atoms with van der Waals surface area (Å²) in [6.45, 7) is 2.48. The monoisotopic (exact) mass is 496 g/mol. The van der Waals surface area contributed by atoms with Gasteiger partial charge in [-0.15, -0.1) is 17.5 Å². The van der Waals surface area contributed by atoms with Crippen LogP contribution in [0.25, 0.3) is 0 Å². The van der Waals surface area contributed by atoms with Crippen LogP contribution in [0.5, 0.6) is 5.75 Å².